The first-order valence-electron chi connectivity index (χ1n) is 5.05. The third-order valence-electron chi connectivity index (χ3n) is 2.36. The van der Waals surface area contributed by atoms with Gasteiger partial charge in [0.1, 0.15) is 5.69 Å². The van der Waals surface area contributed by atoms with Crippen LogP contribution in [-0.2, 0) is 0 Å². The molecule has 18 heavy (non-hydrogen) atoms. The fourth-order valence-electron chi connectivity index (χ4n) is 1.59. The standard InChI is InChI=1S/C10H9N7O/c11-7-5(4-2-1-3-18-4)14-6-8(12)16-10(13)17-9(6)15-7/h1-3H,(H6,11,12,13,15,16,17). The summed E-state index contributed by atoms with van der Waals surface area (Å²) in [4.78, 5) is 16.1. The van der Waals surface area contributed by atoms with E-state index in [2.05, 4.69) is 19.9 Å². The summed E-state index contributed by atoms with van der Waals surface area (Å²) >= 11 is 0. The van der Waals surface area contributed by atoms with Gasteiger partial charge in [-0.1, -0.05) is 0 Å². The molecule has 0 unspecified atom stereocenters. The average molecular weight is 243 g/mol. The average Bonchev–Trinajstić information content (AvgIpc) is 2.81. The molecule has 0 spiro atoms. The molecular weight excluding hydrogens is 234 g/mol. The topological polar surface area (TPSA) is 143 Å². The van der Waals surface area contributed by atoms with Crippen molar-refractivity contribution in [2.75, 3.05) is 17.2 Å². The van der Waals surface area contributed by atoms with Crippen molar-refractivity contribution in [1.29, 1.82) is 0 Å². The molecule has 0 saturated carbocycles. The minimum Gasteiger partial charge on any atom is -0.463 e. The van der Waals surface area contributed by atoms with E-state index in [0.29, 0.717) is 17.0 Å². The van der Waals surface area contributed by atoms with Crippen molar-refractivity contribution in [3.05, 3.63) is 18.4 Å². The second-order valence-corrected chi connectivity index (χ2v) is 3.57. The smallest absolute Gasteiger partial charge is 0.224 e. The highest BCUT2D eigenvalue weighted by Gasteiger charge is 2.14. The Morgan fingerprint density at radius 3 is 2.50 bits per heavy atom. The molecule has 3 heterocycles. The molecule has 0 aromatic carbocycles. The molecule has 3 aromatic heterocycles. The first-order valence-corrected chi connectivity index (χ1v) is 5.05. The van der Waals surface area contributed by atoms with Gasteiger partial charge in [0.2, 0.25) is 5.95 Å². The largest absolute Gasteiger partial charge is 0.463 e. The van der Waals surface area contributed by atoms with Gasteiger partial charge in [0.15, 0.2) is 28.6 Å². The van der Waals surface area contributed by atoms with E-state index in [1.54, 1.807) is 12.1 Å². The van der Waals surface area contributed by atoms with Gasteiger partial charge in [0.05, 0.1) is 6.26 Å². The molecule has 90 valence electrons. The van der Waals surface area contributed by atoms with E-state index in [9.17, 15) is 0 Å². The second kappa shape index (κ2) is 3.55. The number of furan rings is 1. The second-order valence-electron chi connectivity index (χ2n) is 3.57. The quantitative estimate of drug-likeness (QED) is 0.558. The Bertz CT molecular complexity index is 723. The Hall–Kier alpha value is -2.90. The van der Waals surface area contributed by atoms with Crippen molar-refractivity contribution in [2.45, 2.75) is 0 Å². The molecule has 0 fully saturated rings. The highest BCUT2D eigenvalue weighted by atomic mass is 16.3. The lowest BCUT2D eigenvalue weighted by Gasteiger charge is -2.05. The predicted octanol–water partition coefficient (Wildman–Crippen LogP) is 0.426. The van der Waals surface area contributed by atoms with Crippen LogP contribution >= 0.6 is 0 Å². The van der Waals surface area contributed by atoms with Crippen molar-refractivity contribution in [3.63, 3.8) is 0 Å². The van der Waals surface area contributed by atoms with Gasteiger partial charge in [-0.25, -0.2) is 9.97 Å². The van der Waals surface area contributed by atoms with Crippen LogP contribution in [0.2, 0.25) is 0 Å². The number of rotatable bonds is 1. The predicted molar refractivity (Wildman–Crippen MR) is 66.1 cm³/mol. The number of nitrogens with two attached hydrogens (primary N) is 3. The zero-order valence-corrected chi connectivity index (χ0v) is 9.16. The summed E-state index contributed by atoms with van der Waals surface area (Å²) in [6.07, 6.45) is 1.52. The molecule has 3 rings (SSSR count). The van der Waals surface area contributed by atoms with E-state index in [4.69, 9.17) is 21.6 Å². The summed E-state index contributed by atoms with van der Waals surface area (Å²) in [6, 6.07) is 3.45. The van der Waals surface area contributed by atoms with Crippen molar-refractivity contribution in [1.82, 2.24) is 19.9 Å². The third-order valence-corrected chi connectivity index (χ3v) is 2.36. The Labute approximate surface area is 101 Å². The third kappa shape index (κ3) is 1.47. The van der Waals surface area contributed by atoms with E-state index in [0.717, 1.165) is 0 Å². The summed E-state index contributed by atoms with van der Waals surface area (Å²) in [6.45, 7) is 0. The normalized spacial score (nSPS) is 10.9. The van der Waals surface area contributed by atoms with Gasteiger partial charge < -0.3 is 21.6 Å². The lowest BCUT2D eigenvalue weighted by molar-refractivity contribution is 0.580. The van der Waals surface area contributed by atoms with E-state index < -0.39 is 0 Å². The van der Waals surface area contributed by atoms with Crippen LogP contribution in [0.3, 0.4) is 0 Å². The van der Waals surface area contributed by atoms with Gasteiger partial charge in [0.25, 0.3) is 0 Å². The fraction of sp³-hybridized carbons (Fsp3) is 0. The van der Waals surface area contributed by atoms with Crippen molar-refractivity contribution in [2.24, 2.45) is 0 Å². The van der Waals surface area contributed by atoms with Gasteiger partial charge in [-0.2, -0.15) is 9.97 Å². The van der Waals surface area contributed by atoms with Crippen LogP contribution < -0.4 is 17.2 Å². The molecule has 0 aliphatic carbocycles. The highest BCUT2D eigenvalue weighted by molar-refractivity contribution is 5.86. The minimum atomic E-state index is 0.0273. The van der Waals surface area contributed by atoms with Crippen LogP contribution in [-0.4, -0.2) is 19.9 Å². The lowest BCUT2D eigenvalue weighted by atomic mass is 10.3. The molecule has 0 radical (unpaired) electrons. The first-order chi connectivity index (χ1) is 8.65. The highest BCUT2D eigenvalue weighted by Crippen LogP contribution is 2.26. The number of aromatic nitrogens is 4. The lowest BCUT2D eigenvalue weighted by Crippen LogP contribution is -2.06. The monoisotopic (exact) mass is 243 g/mol. The number of nitrogen functional groups attached to an aromatic ring is 3. The first kappa shape index (κ1) is 10.3. The molecule has 0 amide bonds. The van der Waals surface area contributed by atoms with Gasteiger partial charge in [-0.3, -0.25) is 0 Å². The van der Waals surface area contributed by atoms with Crippen LogP contribution in [0.15, 0.2) is 22.8 Å². The maximum atomic E-state index is 5.80. The van der Waals surface area contributed by atoms with Crippen molar-refractivity contribution in [3.8, 4) is 11.5 Å². The van der Waals surface area contributed by atoms with Crippen LogP contribution in [0, 0.1) is 0 Å². The molecule has 0 aliphatic heterocycles. The molecule has 6 N–H and O–H groups in total. The van der Waals surface area contributed by atoms with Crippen LogP contribution in [0.25, 0.3) is 22.6 Å². The number of nitrogens with zero attached hydrogens (tertiary/aromatic N) is 4. The summed E-state index contributed by atoms with van der Waals surface area (Å²) < 4.78 is 5.22. The van der Waals surface area contributed by atoms with Crippen LogP contribution in [0.5, 0.6) is 0 Å². The number of hydrogen-bond acceptors (Lipinski definition) is 8. The number of fused-ring (bicyclic) bond motifs is 1. The van der Waals surface area contributed by atoms with Gasteiger partial charge in [-0.05, 0) is 12.1 Å². The molecule has 3 aromatic rings. The van der Waals surface area contributed by atoms with Crippen LogP contribution in [0.4, 0.5) is 17.6 Å². The Morgan fingerprint density at radius 1 is 0.944 bits per heavy atom. The van der Waals surface area contributed by atoms with Gasteiger partial charge in [-0.15, -0.1) is 0 Å². The Balaban J connectivity index is 2.33. The fourth-order valence-corrected chi connectivity index (χ4v) is 1.59. The molecule has 0 bridgehead atoms. The number of anilines is 3. The van der Waals surface area contributed by atoms with Gasteiger partial charge >= 0.3 is 0 Å². The zero-order valence-electron chi connectivity index (χ0n) is 9.16. The summed E-state index contributed by atoms with van der Waals surface area (Å²) in [5.41, 5.74) is 18.0. The van der Waals surface area contributed by atoms with Crippen molar-refractivity contribution < 1.29 is 4.42 Å². The van der Waals surface area contributed by atoms with Crippen LogP contribution in [0.1, 0.15) is 0 Å². The summed E-state index contributed by atoms with van der Waals surface area (Å²) in [5, 5.41) is 0. The Kier molecular flexibility index (Phi) is 2.03. The molecule has 0 saturated heterocycles. The van der Waals surface area contributed by atoms with E-state index >= 15 is 0 Å². The van der Waals surface area contributed by atoms with Gasteiger partial charge in [0, 0.05) is 0 Å². The van der Waals surface area contributed by atoms with E-state index in [-0.39, 0.29) is 23.2 Å². The minimum absolute atomic E-state index is 0.0273. The summed E-state index contributed by atoms with van der Waals surface area (Å²) in [7, 11) is 0. The molecule has 0 atom stereocenters. The Morgan fingerprint density at radius 2 is 1.78 bits per heavy atom. The molecule has 0 aliphatic rings. The van der Waals surface area contributed by atoms with E-state index in [1.807, 2.05) is 0 Å². The molecule has 8 heteroatoms. The SMILES string of the molecule is Nc1nc(N)c2nc(-c3ccco3)c(N)nc2n1. The maximum Gasteiger partial charge on any atom is 0.224 e. The maximum absolute atomic E-state index is 5.80. The molecule has 8 nitrogen and oxygen atoms in total. The zero-order chi connectivity index (χ0) is 12.7. The number of hydrogen-bond donors (Lipinski definition) is 3. The molecular formula is C10H9N7O. The van der Waals surface area contributed by atoms with E-state index in [1.165, 1.54) is 6.26 Å². The van der Waals surface area contributed by atoms with Crippen molar-refractivity contribution >= 4 is 28.7 Å². The summed E-state index contributed by atoms with van der Waals surface area (Å²) in [5.74, 6) is 0.866.